The molecule has 0 saturated heterocycles. The van der Waals surface area contributed by atoms with Gasteiger partial charge in [0.2, 0.25) is 19.9 Å². The number of nitrogens with zero attached hydrogens (tertiary/aromatic N) is 1. The number of carbonyl (C=O) groups excluding carboxylic acids is 1. The third kappa shape index (κ3) is 4.96. The molecule has 0 aromatic heterocycles. The van der Waals surface area contributed by atoms with Gasteiger partial charge in [-0.05, 0) is 41.3 Å². The van der Waals surface area contributed by atoms with Gasteiger partial charge in [-0.1, -0.05) is 32.9 Å². The summed E-state index contributed by atoms with van der Waals surface area (Å²) in [7, 11) is -7.73. The summed E-state index contributed by atoms with van der Waals surface area (Å²) in [4.78, 5) is 14.8. The lowest BCUT2D eigenvalue weighted by Crippen LogP contribution is -2.43. The standard InChI is InChI=1S/C24H26FN3O6S2/c1-24(2,3)22-21(29)20(23(30)28(22)12-14-5-7-15(25)8-6-14)18-13-36(33,34)19-11-16(27-35(4,31)32)9-10-17(19)26-18/h5-11,13,22,26-27,29H,12H2,1-4H3/t22-/m1/s1. The number of aliphatic hydroxyl groups is 1. The van der Waals surface area contributed by atoms with Crippen LogP contribution in [0.15, 0.2) is 69.8 Å². The predicted octanol–water partition coefficient (Wildman–Crippen LogP) is 3.51. The lowest BCUT2D eigenvalue weighted by Gasteiger charge is -2.35. The maximum absolute atomic E-state index is 13.6. The SMILES string of the molecule is CC(C)(C)[C@H]1C(O)=C(C2=CS(=O)(=O)c3cc(NS(C)(=O)=O)ccc3N2)C(=O)N1Cc1ccc(F)cc1. The first-order valence-corrected chi connectivity index (χ1v) is 14.4. The summed E-state index contributed by atoms with van der Waals surface area (Å²) in [5.41, 5.74) is -0.0452. The van der Waals surface area contributed by atoms with Crippen LogP contribution in [0.2, 0.25) is 0 Å². The Morgan fingerprint density at radius 2 is 1.78 bits per heavy atom. The van der Waals surface area contributed by atoms with Crippen molar-refractivity contribution in [2.45, 2.75) is 38.3 Å². The van der Waals surface area contributed by atoms with Crippen molar-refractivity contribution in [2.75, 3.05) is 16.3 Å². The number of hydrogen-bond donors (Lipinski definition) is 3. The second-order valence-electron chi connectivity index (χ2n) is 9.88. The van der Waals surface area contributed by atoms with E-state index in [0.29, 0.717) is 5.56 Å². The van der Waals surface area contributed by atoms with Gasteiger partial charge in [-0.3, -0.25) is 9.52 Å². The number of aliphatic hydroxyl groups excluding tert-OH is 1. The fraction of sp³-hybridized carbons (Fsp3) is 0.292. The topological polar surface area (TPSA) is 133 Å². The summed E-state index contributed by atoms with van der Waals surface area (Å²) in [6.07, 6.45) is 0.946. The summed E-state index contributed by atoms with van der Waals surface area (Å²) in [6, 6.07) is 8.80. The van der Waals surface area contributed by atoms with Crippen LogP contribution in [0.1, 0.15) is 26.3 Å². The van der Waals surface area contributed by atoms with Gasteiger partial charge in [-0.25, -0.2) is 21.2 Å². The highest BCUT2D eigenvalue weighted by Crippen LogP contribution is 2.42. The van der Waals surface area contributed by atoms with Gasteiger partial charge >= 0.3 is 0 Å². The van der Waals surface area contributed by atoms with Crippen LogP contribution in [0.3, 0.4) is 0 Å². The molecule has 36 heavy (non-hydrogen) atoms. The molecule has 0 unspecified atom stereocenters. The molecule has 2 aromatic carbocycles. The third-order valence-corrected chi connectivity index (χ3v) is 7.89. The lowest BCUT2D eigenvalue weighted by molar-refractivity contribution is -0.129. The van der Waals surface area contributed by atoms with Crippen LogP contribution in [0.25, 0.3) is 0 Å². The number of rotatable bonds is 5. The van der Waals surface area contributed by atoms with Crippen LogP contribution < -0.4 is 10.0 Å². The van der Waals surface area contributed by atoms with Gasteiger partial charge in [-0.15, -0.1) is 0 Å². The third-order valence-electron chi connectivity index (χ3n) is 5.79. The zero-order chi connectivity index (χ0) is 26.6. The van der Waals surface area contributed by atoms with Crippen molar-refractivity contribution < 1.29 is 31.1 Å². The molecule has 2 aliphatic rings. The number of sulfonamides is 1. The van der Waals surface area contributed by atoms with Gasteiger partial charge in [0, 0.05) is 12.2 Å². The number of carbonyl (C=O) groups is 1. The first-order chi connectivity index (χ1) is 16.6. The Bertz CT molecular complexity index is 1520. The Balaban J connectivity index is 1.74. The number of amides is 1. The number of anilines is 2. The van der Waals surface area contributed by atoms with E-state index in [1.807, 2.05) is 20.8 Å². The summed E-state index contributed by atoms with van der Waals surface area (Å²) in [6.45, 7) is 5.60. The molecule has 1 atom stereocenters. The average Bonchev–Trinajstić information content (AvgIpc) is 2.98. The minimum atomic E-state index is -4.10. The van der Waals surface area contributed by atoms with E-state index in [4.69, 9.17) is 0 Å². The van der Waals surface area contributed by atoms with E-state index >= 15 is 0 Å². The molecule has 3 N–H and O–H groups in total. The van der Waals surface area contributed by atoms with E-state index in [-0.39, 0.29) is 39.8 Å². The molecular weight excluding hydrogens is 509 g/mol. The Morgan fingerprint density at radius 1 is 1.14 bits per heavy atom. The highest BCUT2D eigenvalue weighted by atomic mass is 32.2. The molecule has 4 rings (SSSR count). The Morgan fingerprint density at radius 3 is 2.36 bits per heavy atom. The monoisotopic (exact) mass is 535 g/mol. The van der Waals surface area contributed by atoms with Crippen molar-refractivity contribution in [3.8, 4) is 0 Å². The van der Waals surface area contributed by atoms with Crippen LogP contribution in [-0.4, -0.2) is 45.0 Å². The number of hydrogen-bond acceptors (Lipinski definition) is 7. The van der Waals surface area contributed by atoms with Gasteiger partial charge in [0.25, 0.3) is 5.91 Å². The Kier molecular flexibility index (Phi) is 6.16. The molecule has 0 radical (unpaired) electrons. The minimum Gasteiger partial charge on any atom is -0.509 e. The molecule has 0 saturated carbocycles. The normalized spacial score (nSPS) is 19.6. The fourth-order valence-corrected chi connectivity index (χ4v) is 6.27. The van der Waals surface area contributed by atoms with E-state index in [9.17, 15) is 31.1 Å². The van der Waals surface area contributed by atoms with Gasteiger partial charge in [0.15, 0.2) is 0 Å². The van der Waals surface area contributed by atoms with Crippen molar-refractivity contribution in [1.82, 2.24) is 4.90 Å². The maximum Gasteiger partial charge on any atom is 0.260 e. The first kappa shape index (κ1) is 25.7. The van der Waals surface area contributed by atoms with Crippen molar-refractivity contribution in [2.24, 2.45) is 5.41 Å². The predicted molar refractivity (Wildman–Crippen MR) is 134 cm³/mol. The van der Waals surface area contributed by atoms with Gasteiger partial charge in [0.1, 0.15) is 17.1 Å². The van der Waals surface area contributed by atoms with E-state index in [0.717, 1.165) is 11.7 Å². The Hall–Kier alpha value is -3.38. The molecule has 2 heterocycles. The maximum atomic E-state index is 13.6. The summed E-state index contributed by atoms with van der Waals surface area (Å²) >= 11 is 0. The summed E-state index contributed by atoms with van der Waals surface area (Å²) in [5, 5.41) is 14.9. The second-order valence-corrected chi connectivity index (χ2v) is 13.4. The van der Waals surface area contributed by atoms with Crippen molar-refractivity contribution >= 4 is 37.1 Å². The lowest BCUT2D eigenvalue weighted by atomic mass is 9.85. The van der Waals surface area contributed by atoms with Crippen LogP contribution in [-0.2, 0) is 31.2 Å². The number of nitrogens with one attached hydrogen (secondary N) is 2. The molecule has 9 nitrogen and oxygen atoms in total. The van der Waals surface area contributed by atoms with Gasteiger partial charge in [0.05, 0.1) is 34.0 Å². The highest BCUT2D eigenvalue weighted by Gasteiger charge is 2.47. The molecule has 0 spiro atoms. The second kappa shape index (κ2) is 8.63. The molecule has 192 valence electrons. The van der Waals surface area contributed by atoms with E-state index in [2.05, 4.69) is 10.0 Å². The molecule has 0 bridgehead atoms. The number of benzene rings is 2. The molecule has 0 aliphatic carbocycles. The first-order valence-electron chi connectivity index (χ1n) is 10.9. The van der Waals surface area contributed by atoms with Crippen LogP contribution in [0.4, 0.5) is 15.8 Å². The zero-order valence-electron chi connectivity index (χ0n) is 20.0. The molecule has 2 aliphatic heterocycles. The van der Waals surface area contributed by atoms with E-state index < -0.39 is 43.0 Å². The van der Waals surface area contributed by atoms with Gasteiger partial charge in [-0.2, -0.15) is 0 Å². The Labute approximate surface area is 209 Å². The minimum absolute atomic E-state index is 0.0655. The quantitative estimate of drug-likeness (QED) is 0.534. The summed E-state index contributed by atoms with van der Waals surface area (Å²) in [5.74, 6) is -1.28. The van der Waals surface area contributed by atoms with Crippen LogP contribution >= 0.6 is 0 Å². The molecule has 0 fully saturated rings. The van der Waals surface area contributed by atoms with Gasteiger partial charge < -0.3 is 15.3 Å². The van der Waals surface area contributed by atoms with Crippen molar-refractivity contribution in [3.63, 3.8) is 0 Å². The van der Waals surface area contributed by atoms with Crippen molar-refractivity contribution in [3.05, 3.63) is 76.3 Å². The number of fused-ring (bicyclic) bond motifs is 1. The molecule has 1 amide bonds. The fourth-order valence-electron chi connectivity index (χ4n) is 4.39. The van der Waals surface area contributed by atoms with Crippen LogP contribution in [0.5, 0.6) is 0 Å². The number of halogens is 1. The largest absolute Gasteiger partial charge is 0.509 e. The summed E-state index contributed by atoms with van der Waals surface area (Å²) < 4.78 is 64.9. The molecule has 2 aromatic rings. The number of sulfone groups is 1. The smallest absolute Gasteiger partial charge is 0.260 e. The highest BCUT2D eigenvalue weighted by molar-refractivity contribution is 7.94. The zero-order valence-corrected chi connectivity index (χ0v) is 21.7. The van der Waals surface area contributed by atoms with E-state index in [1.54, 1.807) is 12.1 Å². The molecular formula is C24H26FN3O6S2. The van der Waals surface area contributed by atoms with E-state index in [1.165, 1.54) is 35.2 Å². The molecule has 12 heteroatoms. The van der Waals surface area contributed by atoms with Crippen molar-refractivity contribution in [1.29, 1.82) is 0 Å². The average molecular weight is 536 g/mol. The van der Waals surface area contributed by atoms with Crippen LogP contribution in [0, 0.1) is 11.2 Å².